The fraction of sp³-hybridized carbons (Fsp3) is 0.208. The van der Waals surface area contributed by atoms with Crippen LogP contribution in [0.3, 0.4) is 0 Å². The van der Waals surface area contributed by atoms with Crippen LogP contribution in [-0.2, 0) is 21.4 Å². The van der Waals surface area contributed by atoms with Gasteiger partial charge < -0.3 is 14.8 Å². The molecule has 0 aliphatic heterocycles. The van der Waals surface area contributed by atoms with Crippen LogP contribution >= 0.6 is 15.9 Å². The van der Waals surface area contributed by atoms with Gasteiger partial charge in [0.05, 0.1) is 25.7 Å². The zero-order valence-corrected chi connectivity index (χ0v) is 20.9. The largest absolute Gasteiger partial charge is 0.493 e. The standard InChI is InChI=1S/C24H25BrN2O5S/c1-17-4-6-18(7-5-17)15-27(33(29,30)21-11-8-19(25)9-12-21)16-24(28)26-20-10-13-22(31-2)23(14-20)32-3/h4-14H,15-16H2,1-3H3,(H,26,28). The van der Waals surface area contributed by atoms with E-state index in [1.165, 1.54) is 26.4 Å². The number of nitrogens with one attached hydrogen (secondary N) is 1. The monoisotopic (exact) mass is 532 g/mol. The van der Waals surface area contributed by atoms with Crippen molar-refractivity contribution in [2.45, 2.75) is 18.4 Å². The minimum absolute atomic E-state index is 0.0536. The maximum absolute atomic E-state index is 13.4. The molecule has 3 rings (SSSR count). The quantitative estimate of drug-likeness (QED) is 0.435. The topological polar surface area (TPSA) is 84.9 Å². The minimum atomic E-state index is -3.93. The van der Waals surface area contributed by atoms with Crippen molar-refractivity contribution in [3.8, 4) is 11.5 Å². The molecule has 0 unspecified atom stereocenters. The highest BCUT2D eigenvalue weighted by molar-refractivity contribution is 9.10. The summed E-state index contributed by atoms with van der Waals surface area (Å²) in [6, 6.07) is 18.8. The van der Waals surface area contributed by atoms with Crippen molar-refractivity contribution in [3.05, 3.63) is 82.3 Å². The SMILES string of the molecule is COc1ccc(NC(=O)CN(Cc2ccc(C)cc2)S(=O)(=O)c2ccc(Br)cc2)cc1OC. The molecule has 0 aromatic heterocycles. The Morgan fingerprint density at radius 3 is 2.18 bits per heavy atom. The molecule has 1 amide bonds. The molecular formula is C24H25BrN2O5S. The molecule has 0 heterocycles. The predicted octanol–water partition coefficient (Wildman–Crippen LogP) is 4.60. The molecule has 0 saturated heterocycles. The summed E-state index contributed by atoms with van der Waals surface area (Å²) in [5.41, 5.74) is 2.31. The molecule has 3 aromatic rings. The average molecular weight is 533 g/mol. The van der Waals surface area contributed by atoms with E-state index < -0.39 is 15.9 Å². The van der Waals surface area contributed by atoms with Gasteiger partial charge in [-0.25, -0.2) is 8.42 Å². The smallest absolute Gasteiger partial charge is 0.243 e. The van der Waals surface area contributed by atoms with Crippen molar-refractivity contribution in [2.75, 3.05) is 26.1 Å². The molecule has 1 N–H and O–H groups in total. The summed E-state index contributed by atoms with van der Waals surface area (Å²) in [5, 5.41) is 2.74. The number of sulfonamides is 1. The number of aryl methyl sites for hydroxylation is 1. The van der Waals surface area contributed by atoms with Gasteiger partial charge in [-0.15, -0.1) is 0 Å². The van der Waals surface area contributed by atoms with Gasteiger partial charge in [0, 0.05) is 22.8 Å². The molecule has 9 heteroatoms. The van der Waals surface area contributed by atoms with Crippen molar-refractivity contribution < 1.29 is 22.7 Å². The van der Waals surface area contributed by atoms with Gasteiger partial charge in [-0.05, 0) is 48.9 Å². The predicted molar refractivity (Wildman–Crippen MR) is 131 cm³/mol. The van der Waals surface area contributed by atoms with Gasteiger partial charge in [-0.3, -0.25) is 4.79 Å². The molecule has 7 nitrogen and oxygen atoms in total. The van der Waals surface area contributed by atoms with Crippen LogP contribution < -0.4 is 14.8 Å². The van der Waals surface area contributed by atoms with Crippen molar-refractivity contribution in [1.82, 2.24) is 4.31 Å². The molecule has 0 radical (unpaired) electrons. The molecule has 174 valence electrons. The number of hydrogen-bond acceptors (Lipinski definition) is 5. The number of nitrogens with zero attached hydrogens (tertiary/aromatic N) is 1. The number of ether oxygens (including phenoxy) is 2. The Balaban J connectivity index is 1.86. The van der Waals surface area contributed by atoms with E-state index in [4.69, 9.17) is 9.47 Å². The summed E-state index contributed by atoms with van der Waals surface area (Å²) in [5.74, 6) is 0.499. The van der Waals surface area contributed by atoms with Crippen LogP contribution in [0.25, 0.3) is 0 Å². The van der Waals surface area contributed by atoms with E-state index in [1.807, 2.05) is 31.2 Å². The maximum Gasteiger partial charge on any atom is 0.243 e. The van der Waals surface area contributed by atoms with Crippen LogP contribution in [0.1, 0.15) is 11.1 Å². The Hall–Kier alpha value is -2.88. The third-order valence-corrected chi connectivity index (χ3v) is 7.25. The Morgan fingerprint density at radius 1 is 0.939 bits per heavy atom. The lowest BCUT2D eigenvalue weighted by molar-refractivity contribution is -0.116. The van der Waals surface area contributed by atoms with Crippen LogP contribution in [0, 0.1) is 6.92 Å². The molecular weight excluding hydrogens is 508 g/mol. The van der Waals surface area contributed by atoms with Crippen LogP contribution in [0.2, 0.25) is 0 Å². The highest BCUT2D eigenvalue weighted by Crippen LogP contribution is 2.30. The van der Waals surface area contributed by atoms with Gasteiger partial charge >= 0.3 is 0 Å². The molecule has 0 atom stereocenters. The lowest BCUT2D eigenvalue weighted by Gasteiger charge is -2.22. The molecule has 0 aliphatic rings. The van der Waals surface area contributed by atoms with E-state index in [9.17, 15) is 13.2 Å². The number of carbonyl (C=O) groups excluding carboxylic acids is 1. The number of halogens is 1. The van der Waals surface area contributed by atoms with Gasteiger partial charge in [0.2, 0.25) is 15.9 Å². The summed E-state index contributed by atoms with van der Waals surface area (Å²) >= 11 is 3.32. The number of hydrogen-bond donors (Lipinski definition) is 1. The molecule has 0 spiro atoms. The van der Waals surface area contributed by atoms with Gasteiger partial charge in [-0.2, -0.15) is 4.31 Å². The fourth-order valence-electron chi connectivity index (χ4n) is 3.15. The minimum Gasteiger partial charge on any atom is -0.493 e. The second kappa shape index (κ2) is 10.8. The summed E-state index contributed by atoms with van der Waals surface area (Å²) < 4.78 is 39.2. The average Bonchev–Trinajstić information content (AvgIpc) is 2.80. The molecule has 0 fully saturated rings. The second-order valence-electron chi connectivity index (χ2n) is 7.33. The number of benzene rings is 3. The van der Waals surface area contributed by atoms with Gasteiger partial charge in [0.15, 0.2) is 11.5 Å². The lowest BCUT2D eigenvalue weighted by Crippen LogP contribution is -2.37. The maximum atomic E-state index is 13.4. The second-order valence-corrected chi connectivity index (χ2v) is 10.2. The first-order valence-corrected chi connectivity index (χ1v) is 12.3. The van der Waals surface area contributed by atoms with Crippen molar-refractivity contribution in [3.63, 3.8) is 0 Å². The van der Waals surface area contributed by atoms with Crippen molar-refractivity contribution in [1.29, 1.82) is 0 Å². The van der Waals surface area contributed by atoms with Crippen molar-refractivity contribution >= 4 is 37.5 Å². The van der Waals surface area contributed by atoms with E-state index in [2.05, 4.69) is 21.2 Å². The first-order valence-electron chi connectivity index (χ1n) is 10.1. The third kappa shape index (κ3) is 6.34. The lowest BCUT2D eigenvalue weighted by atomic mass is 10.1. The zero-order chi connectivity index (χ0) is 24.0. The molecule has 3 aromatic carbocycles. The van der Waals surface area contributed by atoms with Crippen LogP contribution in [0.15, 0.2) is 76.1 Å². The summed E-state index contributed by atoms with van der Waals surface area (Å²) in [6.07, 6.45) is 0. The summed E-state index contributed by atoms with van der Waals surface area (Å²) in [7, 11) is -0.913. The van der Waals surface area contributed by atoms with Crippen LogP contribution in [0.5, 0.6) is 11.5 Å². The van der Waals surface area contributed by atoms with E-state index in [1.54, 1.807) is 30.3 Å². The molecule has 0 saturated carbocycles. The Kier molecular flexibility index (Phi) is 8.12. The Bertz CT molecular complexity index is 1210. The normalized spacial score (nSPS) is 11.3. The van der Waals surface area contributed by atoms with Crippen molar-refractivity contribution in [2.24, 2.45) is 0 Å². The zero-order valence-electron chi connectivity index (χ0n) is 18.5. The van der Waals surface area contributed by atoms with E-state index >= 15 is 0 Å². The van der Waals surface area contributed by atoms with Gasteiger partial charge in [0.25, 0.3) is 0 Å². The fourth-order valence-corrected chi connectivity index (χ4v) is 4.80. The van der Waals surface area contributed by atoms with E-state index in [-0.39, 0.29) is 18.0 Å². The number of carbonyl (C=O) groups is 1. The van der Waals surface area contributed by atoms with Gasteiger partial charge in [0.1, 0.15) is 0 Å². The highest BCUT2D eigenvalue weighted by Gasteiger charge is 2.27. The highest BCUT2D eigenvalue weighted by atomic mass is 79.9. The van der Waals surface area contributed by atoms with E-state index in [0.29, 0.717) is 17.2 Å². The Morgan fingerprint density at radius 2 is 1.58 bits per heavy atom. The molecule has 33 heavy (non-hydrogen) atoms. The van der Waals surface area contributed by atoms with Crippen LogP contribution in [-0.4, -0.2) is 39.4 Å². The molecule has 0 aliphatic carbocycles. The third-order valence-electron chi connectivity index (χ3n) is 4.92. The first-order chi connectivity index (χ1) is 15.7. The number of rotatable bonds is 9. The Labute approximate surface area is 202 Å². The number of amides is 1. The van der Waals surface area contributed by atoms with Crippen LogP contribution in [0.4, 0.5) is 5.69 Å². The summed E-state index contributed by atoms with van der Waals surface area (Å²) in [4.78, 5) is 13.0. The summed E-state index contributed by atoms with van der Waals surface area (Å²) in [6.45, 7) is 1.65. The molecule has 0 bridgehead atoms. The number of anilines is 1. The van der Waals surface area contributed by atoms with E-state index in [0.717, 1.165) is 19.9 Å². The first kappa shape index (κ1) is 24.8. The van der Waals surface area contributed by atoms with Gasteiger partial charge in [-0.1, -0.05) is 45.8 Å². The number of methoxy groups -OCH3 is 2.